The van der Waals surface area contributed by atoms with E-state index in [0.29, 0.717) is 31.4 Å². The van der Waals surface area contributed by atoms with Gasteiger partial charge in [0, 0.05) is 13.2 Å². The molecule has 0 heterocycles. The third kappa shape index (κ3) is 14.5. The van der Waals surface area contributed by atoms with Gasteiger partial charge in [-0.05, 0) is 50.0 Å². The molecule has 1 aromatic rings. The van der Waals surface area contributed by atoms with Gasteiger partial charge in [-0.2, -0.15) is 0 Å². The zero-order chi connectivity index (χ0) is 37.1. The van der Waals surface area contributed by atoms with Gasteiger partial charge < -0.3 is 41.2 Å². The maximum Gasteiger partial charge on any atom is 0.407 e. The zero-order valence-electron chi connectivity index (χ0n) is 29.5. The minimum absolute atomic E-state index is 0.0478. The third-order valence-electron chi connectivity index (χ3n) is 8.14. The number of hydrogen-bond acceptors (Lipinski definition) is 9. The molecule has 1 aliphatic rings. The monoisotopic (exact) mass is 703 g/mol. The highest BCUT2D eigenvalue weighted by atomic mass is 16.5. The van der Waals surface area contributed by atoms with Crippen molar-refractivity contribution in [1.82, 2.24) is 26.6 Å². The van der Waals surface area contributed by atoms with Crippen molar-refractivity contribution in [2.24, 2.45) is 11.8 Å². The first-order valence-electron chi connectivity index (χ1n) is 17.4. The Hall–Kier alpha value is -4.53. The molecule has 1 aromatic carbocycles. The molecule has 0 aromatic heterocycles. The Kier molecular flexibility index (Phi) is 18.5. The molecule has 5 amide bonds. The summed E-state index contributed by atoms with van der Waals surface area (Å²) in [7, 11) is 0. The number of carbonyl (C=O) groups excluding carboxylic acids is 6. The third-order valence-corrected chi connectivity index (χ3v) is 8.14. The molecule has 15 nitrogen and oxygen atoms in total. The molecule has 0 spiro atoms. The topological polar surface area (TPSA) is 218 Å². The predicted molar refractivity (Wildman–Crippen MR) is 183 cm³/mol. The number of rotatable bonds is 21. The minimum atomic E-state index is -1.37. The maximum atomic E-state index is 13.7. The van der Waals surface area contributed by atoms with Crippen molar-refractivity contribution in [2.75, 3.05) is 26.4 Å². The van der Waals surface area contributed by atoms with Crippen LogP contribution in [-0.4, -0.2) is 91.1 Å². The van der Waals surface area contributed by atoms with Crippen LogP contribution in [-0.2, 0) is 38.2 Å². The van der Waals surface area contributed by atoms with Gasteiger partial charge in [0.2, 0.25) is 23.5 Å². The van der Waals surface area contributed by atoms with E-state index in [4.69, 9.17) is 9.47 Å². The Morgan fingerprint density at radius 2 is 1.50 bits per heavy atom. The highest BCUT2D eigenvalue weighted by molar-refractivity contribution is 6.38. The number of aliphatic carboxylic acids is 1. The van der Waals surface area contributed by atoms with E-state index < -0.39 is 72.2 Å². The molecule has 0 saturated heterocycles. The summed E-state index contributed by atoms with van der Waals surface area (Å²) < 4.78 is 10.7. The summed E-state index contributed by atoms with van der Waals surface area (Å²) >= 11 is 0. The van der Waals surface area contributed by atoms with E-state index in [1.807, 2.05) is 13.8 Å². The highest BCUT2D eigenvalue weighted by Crippen LogP contribution is 2.27. The molecule has 1 aliphatic carbocycles. The molecule has 2 rings (SSSR count). The van der Waals surface area contributed by atoms with Gasteiger partial charge in [-0.25, -0.2) is 9.59 Å². The van der Waals surface area contributed by atoms with Crippen LogP contribution in [0.3, 0.4) is 0 Å². The van der Waals surface area contributed by atoms with Crippen LogP contribution in [0.2, 0.25) is 0 Å². The first kappa shape index (κ1) is 41.6. The Morgan fingerprint density at radius 3 is 2.10 bits per heavy atom. The first-order valence-corrected chi connectivity index (χ1v) is 17.4. The molecule has 15 heteroatoms. The molecule has 0 bridgehead atoms. The lowest BCUT2D eigenvalue weighted by Crippen LogP contribution is -2.58. The number of benzene rings is 1. The van der Waals surface area contributed by atoms with Crippen molar-refractivity contribution >= 4 is 41.5 Å². The summed E-state index contributed by atoms with van der Waals surface area (Å²) in [6.07, 6.45) is 4.03. The van der Waals surface area contributed by atoms with Crippen LogP contribution in [0.4, 0.5) is 4.79 Å². The number of carboxylic acid groups (broad SMARTS) is 1. The normalized spacial score (nSPS) is 15.5. The fourth-order valence-corrected chi connectivity index (χ4v) is 5.53. The molecule has 6 N–H and O–H groups in total. The predicted octanol–water partition coefficient (Wildman–Crippen LogP) is 2.14. The van der Waals surface area contributed by atoms with E-state index in [2.05, 4.69) is 26.6 Å². The zero-order valence-corrected chi connectivity index (χ0v) is 29.5. The summed E-state index contributed by atoms with van der Waals surface area (Å²) in [5, 5.41) is 22.0. The number of amides is 5. The lowest BCUT2D eigenvalue weighted by atomic mass is 9.83. The Balaban J connectivity index is 2.12. The van der Waals surface area contributed by atoms with E-state index >= 15 is 0 Å². The molecule has 4 atom stereocenters. The minimum Gasteiger partial charge on any atom is -0.479 e. The van der Waals surface area contributed by atoms with Gasteiger partial charge in [0.1, 0.15) is 12.1 Å². The van der Waals surface area contributed by atoms with E-state index in [-0.39, 0.29) is 37.9 Å². The van der Waals surface area contributed by atoms with Crippen molar-refractivity contribution in [3.05, 3.63) is 35.9 Å². The summed E-state index contributed by atoms with van der Waals surface area (Å²) in [6.45, 7) is 7.26. The molecule has 278 valence electrons. The first-order chi connectivity index (χ1) is 23.9. The summed E-state index contributed by atoms with van der Waals surface area (Å²) in [5.41, 5.74) is 0.319. The van der Waals surface area contributed by atoms with Crippen LogP contribution >= 0.6 is 0 Å². The maximum absolute atomic E-state index is 13.7. The molecular formula is C35H53N5O10. The van der Waals surface area contributed by atoms with Gasteiger partial charge in [0.15, 0.2) is 6.04 Å². The van der Waals surface area contributed by atoms with Crippen molar-refractivity contribution in [3.63, 3.8) is 0 Å². The number of ether oxygens (including phenoxy) is 2. The molecule has 1 fully saturated rings. The van der Waals surface area contributed by atoms with Gasteiger partial charge in [0.05, 0.1) is 19.2 Å². The van der Waals surface area contributed by atoms with Crippen LogP contribution in [0.1, 0.15) is 90.7 Å². The Bertz CT molecular complexity index is 1290. The number of alkyl carbamates (subject to hydrolysis) is 1. The smallest absolute Gasteiger partial charge is 0.407 e. The molecule has 0 aliphatic heterocycles. The standard InChI is InChI=1S/C35H53N5O10/c1-5-13-25(30(42)33(45)36-20-27(41)39-29(34(46)47)24-16-11-8-12-17-24)37-31(43)26(18-19-49-6-2)38-32(44)28(23-14-9-7-10-15-23)40-35(48)50-21-22(3)4/h8,11-12,16-17,22-23,25-26,28-29H,5-7,9-10,13-15,18-21H2,1-4H3,(H,36,45)(H,37,43)(H,38,44)(H,39,41)(H,40,48)(H,46,47)/t25?,26-,28-,29-/m0/s1. The highest BCUT2D eigenvalue weighted by Gasteiger charge is 2.35. The Morgan fingerprint density at radius 1 is 0.840 bits per heavy atom. The molecule has 0 radical (unpaired) electrons. The number of ketones is 1. The van der Waals surface area contributed by atoms with E-state index in [9.17, 15) is 38.7 Å². The van der Waals surface area contributed by atoms with Crippen LogP contribution in [0.15, 0.2) is 30.3 Å². The number of carbonyl (C=O) groups is 7. The van der Waals surface area contributed by atoms with Crippen molar-refractivity contribution in [2.45, 2.75) is 103 Å². The summed E-state index contributed by atoms with van der Waals surface area (Å²) in [5.74, 6) is -5.70. The fourth-order valence-electron chi connectivity index (χ4n) is 5.53. The number of Topliss-reactive ketones (excluding diaryl/α,β-unsaturated/α-hetero) is 1. The molecule has 1 saturated carbocycles. The quantitative estimate of drug-likeness (QED) is 0.0810. The van der Waals surface area contributed by atoms with Crippen LogP contribution < -0.4 is 26.6 Å². The largest absolute Gasteiger partial charge is 0.479 e. The summed E-state index contributed by atoms with van der Waals surface area (Å²) in [4.78, 5) is 90.0. The SMILES string of the molecule is CCCC(NC(=O)[C@H](CCOCC)NC(=O)[C@@H](NC(=O)OCC(C)C)C1CCCCC1)C(=O)C(=O)NCC(=O)N[C@H](C(=O)O)c1ccccc1. The lowest BCUT2D eigenvalue weighted by molar-refractivity contribution is -0.142. The second-order valence-corrected chi connectivity index (χ2v) is 12.7. The van der Waals surface area contributed by atoms with E-state index in [1.165, 1.54) is 12.1 Å². The number of hydrogen-bond donors (Lipinski definition) is 6. The van der Waals surface area contributed by atoms with Crippen LogP contribution in [0.5, 0.6) is 0 Å². The molecular weight excluding hydrogens is 650 g/mol. The lowest BCUT2D eigenvalue weighted by Gasteiger charge is -2.31. The van der Waals surface area contributed by atoms with Gasteiger partial charge in [0.25, 0.3) is 5.91 Å². The van der Waals surface area contributed by atoms with Crippen molar-refractivity contribution < 1.29 is 48.1 Å². The van der Waals surface area contributed by atoms with Crippen molar-refractivity contribution in [1.29, 1.82) is 0 Å². The van der Waals surface area contributed by atoms with Gasteiger partial charge in [-0.1, -0.05) is 76.8 Å². The average molecular weight is 704 g/mol. The fraction of sp³-hybridized carbons (Fsp3) is 0.629. The second kappa shape index (κ2) is 22.2. The van der Waals surface area contributed by atoms with Gasteiger partial charge in [-0.3, -0.25) is 24.0 Å². The van der Waals surface area contributed by atoms with Gasteiger partial charge >= 0.3 is 12.1 Å². The van der Waals surface area contributed by atoms with Crippen molar-refractivity contribution in [3.8, 4) is 0 Å². The number of carboxylic acids is 1. The van der Waals surface area contributed by atoms with E-state index in [0.717, 1.165) is 19.3 Å². The number of nitrogens with one attached hydrogen (secondary N) is 5. The van der Waals surface area contributed by atoms with E-state index in [1.54, 1.807) is 32.0 Å². The molecule has 50 heavy (non-hydrogen) atoms. The molecule has 1 unspecified atom stereocenters. The van der Waals surface area contributed by atoms with Gasteiger partial charge in [-0.15, -0.1) is 0 Å². The summed E-state index contributed by atoms with van der Waals surface area (Å²) in [6, 6.07) is 3.20. The van der Waals surface area contributed by atoms with Crippen LogP contribution in [0, 0.1) is 11.8 Å². The average Bonchev–Trinajstić information content (AvgIpc) is 3.10. The van der Waals surface area contributed by atoms with Crippen LogP contribution in [0.25, 0.3) is 0 Å². The second-order valence-electron chi connectivity index (χ2n) is 12.7. The Labute approximate surface area is 293 Å².